The molecule has 5 N–H and O–H groups in total. The van der Waals surface area contributed by atoms with Crippen LogP contribution in [0.2, 0.25) is 0 Å². The van der Waals surface area contributed by atoms with E-state index in [1.54, 1.807) is 11.5 Å². The maximum atomic E-state index is 14.3. The van der Waals surface area contributed by atoms with Crippen molar-refractivity contribution < 1.29 is 41.5 Å². The Labute approximate surface area is 289 Å². The molecule has 0 aromatic carbocycles. The number of anilines is 2. The number of ether oxygens (including phenoxy) is 2. The third-order valence-electron chi connectivity index (χ3n) is 8.37. The maximum absolute atomic E-state index is 14.3. The van der Waals surface area contributed by atoms with Gasteiger partial charge < -0.3 is 39.4 Å². The van der Waals surface area contributed by atoms with Gasteiger partial charge in [0, 0.05) is 21.6 Å². The fourth-order valence-electron chi connectivity index (χ4n) is 5.78. The molecule has 23 heteroatoms. The van der Waals surface area contributed by atoms with E-state index in [0.29, 0.717) is 15.9 Å². The molecule has 6 heterocycles. The van der Waals surface area contributed by atoms with Gasteiger partial charge in [0.1, 0.15) is 41.1 Å². The fraction of sp³-hybridized carbons (Fsp3) is 0.520. The summed E-state index contributed by atoms with van der Waals surface area (Å²) in [7, 11) is -7.28. The molecule has 18 nitrogen and oxygen atoms in total. The molecule has 0 spiro atoms. The van der Waals surface area contributed by atoms with E-state index in [2.05, 4.69) is 54.1 Å². The Bertz CT molecular complexity index is 1950. The molecular weight excluding hydrogens is 810 g/mol. The van der Waals surface area contributed by atoms with Crippen LogP contribution in [0.1, 0.15) is 19.4 Å². The van der Waals surface area contributed by atoms with Crippen molar-refractivity contribution in [1.82, 2.24) is 34.1 Å². The average Bonchev–Trinajstić information content (AvgIpc) is 3.80. The van der Waals surface area contributed by atoms with E-state index in [4.69, 9.17) is 34.5 Å². The van der Waals surface area contributed by atoms with Gasteiger partial charge >= 0.3 is 20.7 Å². The highest BCUT2D eigenvalue weighted by Gasteiger charge is 2.47. The summed E-state index contributed by atoms with van der Waals surface area (Å²) < 4.78 is 71.3. The number of aromatic nitrogens is 7. The van der Waals surface area contributed by atoms with Gasteiger partial charge in [-0.2, -0.15) is 0 Å². The van der Waals surface area contributed by atoms with Crippen molar-refractivity contribution in [2.75, 3.05) is 38.0 Å². The molecule has 260 valence electrons. The standard InChI is InChI=1S/C25H31FIN9O9P2S/c1-3-47(40,43-7-15-16(27)12(4-26)23(45-15)35-10-34-17-19(28)30-8-32-21(17)35)42-5-13-11(2)14(6-41-46(38)39)44-24(13)36-22-18(48-25(36)37)20(29)31-9-33-22/h3,8-16,23-24,46H,1,4-7H2,2H3,(H,38,39)(H2,28,30,32)(H2,29,31,33)/t11-,12-,13-,14?,15-,16?,23-,24-,47-/m1/s1. The zero-order valence-electron chi connectivity index (χ0n) is 25.1. The van der Waals surface area contributed by atoms with Gasteiger partial charge in [-0.15, -0.1) is 0 Å². The number of rotatable bonds is 13. The molecular formula is C25H31FIN9O9P2S. The van der Waals surface area contributed by atoms with Crippen LogP contribution in [0.25, 0.3) is 21.5 Å². The van der Waals surface area contributed by atoms with E-state index < -0.39 is 73.7 Å². The van der Waals surface area contributed by atoms with Crippen molar-refractivity contribution >= 4 is 82.9 Å². The van der Waals surface area contributed by atoms with Gasteiger partial charge in [-0.1, -0.05) is 47.4 Å². The van der Waals surface area contributed by atoms with Crippen LogP contribution in [-0.2, 0) is 32.2 Å². The fourth-order valence-corrected chi connectivity index (χ4v) is 8.90. The molecule has 3 unspecified atom stereocenters. The van der Waals surface area contributed by atoms with Crippen LogP contribution in [0.4, 0.5) is 16.0 Å². The number of hydrogen-bond acceptors (Lipinski definition) is 16. The quantitative estimate of drug-likeness (QED) is 0.0995. The van der Waals surface area contributed by atoms with Gasteiger partial charge in [-0.3, -0.25) is 27.4 Å². The number of hydrogen-bond donors (Lipinski definition) is 3. The van der Waals surface area contributed by atoms with Crippen LogP contribution >= 0.6 is 49.8 Å². The van der Waals surface area contributed by atoms with Crippen LogP contribution < -0.4 is 16.3 Å². The first-order chi connectivity index (χ1) is 23.0. The highest BCUT2D eigenvalue weighted by molar-refractivity contribution is 14.1. The number of thiazole rings is 1. The van der Waals surface area contributed by atoms with Gasteiger partial charge in [0.05, 0.1) is 45.0 Å². The molecule has 0 aliphatic carbocycles. The summed E-state index contributed by atoms with van der Waals surface area (Å²) in [5, 5.41) is 0. The summed E-state index contributed by atoms with van der Waals surface area (Å²) in [5.41, 5.74) is 12.8. The van der Waals surface area contributed by atoms with Gasteiger partial charge in [-0.25, -0.2) is 24.9 Å². The lowest BCUT2D eigenvalue weighted by Gasteiger charge is -2.25. The zero-order valence-corrected chi connectivity index (χ0v) is 29.9. The molecule has 6 rings (SSSR count). The average molecular weight is 841 g/mol. The van der Waals surface area contributed by atoms with Gasteiger partial charge in [0.15, 0.2) is 17.1 Å². The molecule has 2 aliphatic rings. The Kier molecular flexibility index (Phi) is 10.6. The number of nitrogen functional groups attached to an aromatic ring is 2. The SMILES string of the molecule is C=C[P@@](=O)(OC[C@H]1[C@H](n2c(=O)sc3c(N)ncnc32)OC(CO[PH](=O)O)[C@@H]1C)OC[C@H]1O[C@@H](n2cnc3c(N)ncnc32)[C@H](CF)C1I. The van der Waals surface area contributed by atoms with Crippen LogP contribution in [-0.4, -0.2) is 81.6 Å². The van der Waals surface area contributed by atoms with E-state index in [9.17, 15) is 23.2 Å². The van der Waals surface area contributed by atoms with Crippen molar-refractivity contribution in [3.05, 3.63) is 41.0 Å². The van der Waals surface area contributed by atoms with Crippen molar-refractivity contribution in [2.45, 2.75) is 35.5 Å². The van der Waals surface area contributed by atoms with Crippen molar-refractivity contribution in [3.63, 3.8) is 0 Å². The van der Waals surface area contributed by atoms with Crippen molar-refractivity contribution in [3.8, 4) is 0 Å². The molecule has 10 atom stereocenters. The number of alkyl halides is 2. The second-order valence-corrected chi connectivity index (χ2v) is 16.2. The largest absolute Gasteiger partial charge is 0.382 e. The lowest BCUT2D eigenvalue weighted by molar-refractivity contribution is -0.0376. The Morgan fingerprint density at radius 1 is 1.08 bits per heavy atom. The minimum atomic E-state index is -4.01. The number of fused-ring (bicyclic) bond motifs is 2. The van der Waals surface area contributed by atoms with E-state index in [0.717, 1.165) is 17.2 Å². The zero-order chi connectivity index (χ0) is 34.3. The summed E-state index contributed by atoms with van der Waals surface area (Å²) in [6, 6.07) is 0. The number of imidazole rings is 1. The second kappa shape index (κ2) is 14.4. The molecule has 0 saturated carbocycles. The Hall–Kier alpha value is -2.46. The Morgan fingerprint density at radius 2 is 1.77 bits per heavy atom. The molecule has 2 aliphatic heterocycles. The van der Waals surface area contributed by atoms with Crippen LogP contribution in [0.5, 0.6) is 0 Å². The van der Waals surface area contributed by atoms with E-state index in [1.165, 1.54) is 23.5 Å². The third kappa shape index (κ3) is 6.69. The summed E-state index contributed by atoms with van der Waals surface area (Å²) in [4.78, 5) is 42.5. The van der Waals surface area contributed by atoms with E-state index in [-0.39, 0.29) is 37.1 Å². The molecule has 4 aromatic heterocycles. The van der Waals surface area contributed by atoms with Gasteiger partial charge in [0.25, 0.3) is 0 Å². The molecule has 4 aromatic rings. The van der Waals surface area contributed by atoms with Crippen LogP contribution in [0, 0.1) is 17.8 Å². The predicted molar refractivity (Wildman–Crippen MR) is 180 cm³/mol. The summed E-state index contributed by atoms with van der Waals surface area (Å²) in [5.74, 6) is -0.369. The number of nitrogens with zero attached hydrogens (tertiary/aromatic N) is 7. The summed E-state index contributed by atoms with van der Waals surface area (Å²) in [6.07, 6.45) is 0.677. The highest BCUT2D eigenvalue weighted by Crippen LogP contribution is 2.53. The molecule has 0 bridgehead atoms. The molecule has 2 saturated heterocycles. The third-order valence-corrected chi connectivity index (χ3v) is 12.9. The minimum Gasteiger partial charge on any atom is -0.382 e. The first-order valence-corrected chi connectivity index (χ1v) is 19.3. The van der Waals surface area contributed by atoms with Crippen molar-refractivity contribution in [2.24, 2.45) is 17.8 Å². The first kappa shape index (κ1) is 35.4. The van der Waals surface area contributed by atoms with Crippen LogP contribution in [0.3, 0.4) is 0 Å². The molecule has 2 fully saturated rings. The lowest BCUT2D eigenvalue weighted by Crippen LogP contribution is -2.29. The topological polar surface area (TPSA) is 244 Å². The minimum absolute atomic E-state index is 0.113. The molecule has 0 radical (unpaired) electrons. The monoisotopic (exact) mass is 841 g/mol. The van der Waals surface area contributed by atoms with Gasteiger partial charge in [0.2, 0.25) is 0 Å². The summed E-state index contributed by atoms with van der Waals surface area (Å²) in [6.45, 7) is 3.96. The Morgan fingerprint density at radius 3 is 2.48 bits per heavy atom. The first-order valence-electron chi connectivity index (χ1n) is 14.4. The van der Waals surface area contributed by atoms with Crippen LogP contribution in [0.15, 0.2) is 36.2 Å². The number of nitrogens with two attached hydrogens (primary N) is 2. The maximum Gasteiger partial charge on any atom is 0.353 e. The normalized spacial score (nSPS) is 29.4. The lowest BCUT2D eigenvalue weighted by atomic mass is 9.92. The van der Waals surface area contributed by atoms with Gasteiger partial charge in [-0.05, 0) is 5.92 Å². The number of halogens is 2. The smallest absolute Gasteiger partial charge is 0.353 e. The second-order valence-electron chi connectivity index (χ2n) is 11.0. The molecule has 0 amide bonds. The Balaban J connectivity index is 1.19. The summed E-state index contributed by atoms with van der Waals surface area (Å²) >= 11 is 2.90. The predicted octanol–water partition coefficient (Wildman–Crippen LogP) is 3.06. The van der Waals surface area contributed by atoms with E-state index >= 15 is 0 Å². The molecule has 48 heavy (non-hydrogen) atoms. The highest BCUT2D eigenvalue weighted by atomic mass is 127. The van der Waals surface area contributed by atoms with Crippen molar-refractivity contribution in [1.29, 1.82) is 0 Å². The van der Waals surface area contributed by atoms with E-state index in [1.807, 2.05) is 0 Å².